The molecule has 30 heavy (non-hydrogen) atoms. The zero-order valence-electron chi connectivity index (χ0n) is 18.3. The largest absolute Gasteiger partial charge is 0.329 e. The van der Waals surface area contributed by atoms with Gasteiger partial charge >= 0.3 is 0 Å². The fourth-order valence-electron chi connectivity index (χ4n) is 4.43. The van der Waals surface area contributed by atoms with Crippen molar-refractivity contribution in [3.05, 3.63) is 29.0 Å². The molecule has 2 atom stereocenters. The van der Waals surface area contributed by atoms with Crippen LogP contribution in [0.2, 0.25) is 0 Å². The van der Waals surface area contributed by atoms with Crippen molar-refractivity contribution in [2.45, 2.75) is 52.6 Å². The van der Waals surface area contributed by atoms with E-state index in [4.69, 9.17) is 0 Å². The van der Waals surface area contributed by atoms with E-state index >= 15 is 0 Å². The molecule has 1 aliphatic heterocycles. The molecule has 0 spiro atoms. The van der Waals surface area contributed by atoms with Gasteiger partial charge in [-0.25, -0.2) is 4.98 Å². The third-order valence-corrected chi connectivity index (χ3v) is 8.76. The molecule has 0 radical (unpaired) electrons. The summed E-state index contributed by atoms with van der Waals surface area (Å²) in [7, 11) is -2.70. The summed E-state index contributed by atoms with van der Waals surface area (Å²) >= 11 is 1.40. The number of aromatic nitrogens is 1. The molecular weight excluding hydrogens is 417 g/mol. The number of fused-ring (bicyclic) bond motifs is 1. The number of rotatable bonds is 5. The van der Waals surface area contributed by atoms with Crippen molar-refractivity contribution >= 4 is 40.7 Å². The normalized spacial score (nSPS) is 19.7. The fraction of sp³-hybridized carbons (Fsp3) is 0.500. The standard InChI is InChI=1S/C22H28N3O3PS/c1-11-20(30-22(23-11)24-14(4)26)16-9-17-13(3)25(12(2)15-7-8-15)21(27)19(17)18(10-16)29(5,6)28/h9-10,12-13,15H,7-8H2,1-6H3,(H,23,24,26)/t12?,13-/m0/s1. The van der Waals surface area contributed by atoms with Gasteiger partial charge in [-0.15, -0.1) is 0 Å². The predicted octanol–water partition coefficient (Wildman–Crippen LogP) is 4.64. The van der Waals surface area contributed by atoms with Crippen LogP contribution in [0.25, 0.3) is 10.4 Å². The predicted molar refractivity (Wildman–Crippen MR) is 122 cm³/mol. The second-order valence-electron chi connectivity index (χ2n) is 8.89. The van der Waals surface area contributed by atoms with E-state index in [1.165, 1.54) is 18.3 Å². The first-order valence-electron chi connectivity index (χ1n) is 10.3. The average Bonchev–Trinajstić information content (AvgIpc) is 3.38. The summed E-state index contributed by atoms with van der Waals surface area (Å²) in [5.41, 5.74) is 3.27. The van der Waals surface area contributed by atoms with Crippen LogP contribution in [0.3, 0.4) is 0 Å². The minimum atomic E-state index is -2.70. The Hall–Kier alpha value is -1.98. The summed E-state index contributed by atoms with van der Waals surface area (Å²) in [4.78, 5) is 32.2. The van der Waals surface area contributed by atoms with Crippen molar-refractivity contribution < 1.29 is 14.2 Å². The molecule has 8 heteroatoms. The van der Waals surface area contributed by atoms with Crippen LogP contribution in [0.1, 0.15) is 61.3 Å². The number of nitrogens with zero attached hydrogens (tertiary/aromatic N) is 2. The summed E-state index contributed by atoms with van der Waals surface area (Å²) in [6, 6.07) is 4.07. The second kappa shape index (κ2) is 7.31. The van der Waals surface area contributed by atoms with Crippen molar-refractivity contribution in [1.29, 1.82) is 0 Å². The van der Waals surface area contributed by atoms with Crippen LogP contribution in [0.4, 0.5) is 5.13 Å². The van der Waals surface area contributed by atoms with E-state index in [9.17, 15) is 14.2 Å². The Morgan fingerprint density at radius 3 is 2.57 bits per heavy atom. The Labute approximate surface area is 181 Å². The number of carbonyl (C=O) groups excluding carboxylic acids is 2. The summed E-state index contributed by atoms with van der Waals surface area (Å²) < 4.78 is 13.2. The summed E-state index contributed by atoms with van der Waals surface area (Å²) in [5.74, 6) is 0.399. The first-order valence-corrected chi connectivity index (χ1v) is 13.7. The zero-order chi connectivity index (χ0) is 22.0. The quantitative estimate of drug-likeness (QED) is 0.680. The number of amides is 2. The van der Waals surface area contributed by atoms with Gasteiger partial charge in [-0.05, 0) is 76.1 Å². The van der Waals surface area contributed by atoms with E-state index in [-0.39, 0.29) is 23.9 Å². The van der Waals surface area contributed by atoms with Crippen LogP contribution in [-0.4, -0.2) is 41.1 Å². The Morgan fingerprint density at radius 2 is 2.00 bits per heavy atom. The van der Waals surface area contributed by atoms with Crippen LogP contribution < -0.4 is 10.6 Å². The third-order valence-electron chi connectivity index (χ3n) is 6.13. The molecule has 2 aliphatic rings. The molecule has 160 valence electrons. The molecule has 1 unspecified atom stereocenters. The third kappa shape index (κ3) is 3.63. The van der Waals surface area contributed by atoms with Gasteiger partial charge in [0.2, 0.25) is 5.91 Å². The molecule has 0 bridgehead atoms. The number of anilines is 1. The van der Waals surface area contributed by atoms with E-state index in [1.807, 2.05) is 17.9 Å². The maximum atomic E-state index is 13.4. The number of nitrogens with one attached hydrogen (secondary N) is 1. The van der Waals surface area contributed by atoms with Gasteiger partial charge < -0.3 is 14.8 Å². The molecule has 2 aromatic rings. The van der Waals surface area contributed by atoms with Gasteiger partial charge in [0.15, 0.2) is 5.13 Å². The molecule has 6 nitrogen and oxygen atoms in total. The summed E-state index contributed by atoms with van der Waals surface area (Å²) in [6.45, 7) is 11.0. The van der Waals surface area contributed by atoms with E-state index in [2.05, 4.69) is 30.2 Å². The van der Waals surface area contributed by atoms with Crippen LogP contribution >= 0.6 is 18.5 Å². The SMILES string of the molecule is CC(=O)Nc1nc(C)c(-c2cc3c(c(P(C)(C)=O)c2)C(=O)N(C(C)C2CC2)[C@H]3C)s1. The van der Waals surface area contributed by atoms with E-state index < -0.39 is 7.14 Å². The summed E-state index contributed by atoms with van der Waals surface area (Å²) in [5, 5.41) is 3.93. The molecule has 2 amide bonds. The molecule has 1 aliphatic carbocycles. The fourth-order valence-corrected chi connectivity index (χ4v) is 6.65. The Morgan fingerprint density at radius 1 is 1.33 bits per heavy atom. The van der Waals surface area contributed by atoms with E-state index in [0.29, 0.717) is 21.9 Å². The Balaban J connectivity index is 1.86. The van der Waals surface area contributed by atoms with Gasteiger partial charge in [-0.1, -0.05) is 11.3 Å². The Bertz CT molecular complexity index is 1100. The lowest BCUT2D eigenvalue weighted by Crippen LogP contribution is -2.37. The highest BCUT2D eigenvalue weighted by Gasteiger charge is 2.44. The van der Waals surface area contributed by atoms with Crippen LogP contribution in [-0.2, 0) is 9.36 Å². The van der Waals surface area contributed by atoms with Crippen molar-refractivity contribution in [2.24, 2.45) is 5.92 Å². The highest BCUT2D eigenvalue weighted by atomic mass is 32.1. The first kappa shape index (κ1) is 21.3. The monoisotopic (exact) mass is 445 g/mol. The molecule has 1 N–H and O–H groups in total. The minimum Gasteiger partial charge on any atom is -0.329 e. The van der Waals surface area contributed by atoms with Gasteiger partial charge in [-0.3, -0.25) is 9.59 Å². The number of benzene rings is 1. The summed E-state index contributed by atoms with van der Waals surface area (Å²) in [6.07, 6.45) is 2.33. The molecule has 0 saturated heterocycles. The van der Waals surface area contributed by atoms with Gasteiger partial charge in [-0.2, -0.15) is 0 Å². The maximum absolute atomic E-state index is 13.4. The zero-order valence-corrected chi connectivity index (χ0v) is 20.0. The second-order valence-corrected chi connectivity index (χ2v) is 13.1. The molecule has 2 heterocycles. The molecule has 4 rings (SSSR count). The number of thiazole rings is 1. The molecule has 1 saturated carbocycles. The lowest BCUT2D eigenvalue weighted by molar-refractivity contribution is -0.114. The lowest BCUT2D eigenvalue weighted by atomic mass is 10.0. The molecule has 1 aromatic heterocycles. The molecule has 1 aromatic carbocycles. The number of hydrogen-bond donors (Lipinski definition) is 1. The van der Waals surface area contributed by atoms with Gasteiger partial charge in [0, 0.05) is 18.3 Å². The van der Waals surface area contributed by atoms with Crippen molar-refractivity contribution in [2.75, 3.05) is 18.6 Å². The van der Waals surface area contributed by atoms with E-state index in [1.54, 1.807) is 13.3 Å². The average molecular weight is 446 g/mol. The lowest BCUT2D eigenvalue weighted by Gasteiger charge is -2.29. The van der Waals surface area contributed by atoms with Gasteiger partial charge in [0.1, 0.15) is 7.14 Å². The number of aryl methyl sites for hydroxylation is 1. The van der Waals surface area contributed by atoms with Crippen molar-refractivity contribution in [1.82, 2.24) is 9.88 Å². The molecular formula is C22H28N3O3PS. The highest BCUT2D eigenvalue weighted by Crippen LogP contribution is 2.47. The van der Waals surface area contributed by atoms with Crippen LogP contribution in [0, 0.1) is 12.8 Å². The number of hydrogen-bond acceptors (Lipinski definition) is 5. The smallest absolute Gasteiger partial charge is 0.255 e. The topological polar surface area (TPSA) is 79.4 Å². The highest BCUT2D eigenvalue weighted by molar-refractivity contribution is 7.70. The van der Waals surface area contributed by atoms with Crippen LogP contribution in [0.5, 0.6) is 0 Å². The maximum Gasteiger partial charge on any atom is 0.255 e. The van der Waals surface area contributed by atoms with Gasteiger partial charge in [0.25, 0.3) is 5.91 Å². The van der Waals surface area contributed by atoms with E-state index in [0.717, 1.165) is 34.5 Å². The minimum absolute atomic E-state index is 0.00216. The first-order chi connectivity index (χ1) is 14.0. The Kier molecular flexibility index (Phi) is 5.18. The van der Waals surface area contributed by atoms with Crippen molar-refractivity contribution in [3.63, 3.8) is 0 Å². The van der Waals surface area contributed by atoms with Gasteiger partial charge in [0.05, 0.1) is 22.2 Å². The van der Waals surface area contributed by atoms with Crippen LogP contribution in [0.15, 0.2) is 12.1 Å². The van der Waals surface area contributed by atoms with Crippen molar-refractivity contribution in [3.8, 4) is 10.4 Å². The molecule has 1 fully saturated rings. The number of carbonyl (C=O) groups is 2.